The second-order valence-corrected chi connectivity index (χ2v) is 8.61. The summed E-state index contributed by atoms with van der Waals surface area (Å²) < 4.78 is 34.4. The molecule has 0 saturated heterocycles. The van der Waals surface area contributed by atoms with Gasteiger partial charge in [-0.1, -0.05) is 64.5 Å². The highest BCUT2D eigenvalue weighted by molar-refractivity contribution is 9.10. The predicted octanol–water partition coefficient (Wildman–Crippen LogP) is 5.33. The lowest BCUT2D eigenvalue weighted by molar-refractivity contribution is 0.305. The molecular formula is C22H17BrN2O3S. The Bertz CT molecular complexity index is 1150. The predicted molar refractivity (Wildman–Crippen MR) is 117 cm³/mol. The minimum absolute atomic E-state index is 0.331. The van der Waals surface area contributed by atoms with Gasteiger partial charge in [-0.2, -0.15) is 5.26 Å². The van der Waals surface area contributed by atoms with Crippen LogP contribution in [0.5, 0.6) is 5.75 Å². The zero-order chi connectivity index (χ0) is 20.7. The van der Waals surface area contributed by atoms with E-state index in [1.54, 1.807) is 54.6 Å². The van der Waals surface area contributed by atoms with E-state index in [-0.39, 0.29) is 0 Å². The normalized spacial score (nSPS) is 11.5. The largest absolute Gasteiger partial charge is 0.488 e. The van der Waals surface area contributed by atoms with Crippen molar-refractivity contribution in [1.29, 1.82) is 5.26 Å². The molecule has 0 saturated carbocycles. The fraction of sp³-hybridized carbons (Fsp3) is 0.0455. The molecule has 5 nitrogen and oxygen atoms in total. The standard InChI is InChI=1S/C22H17BrN2O3S/c23-19-10-12-20(13-11-19)25-29(26,27)21(15-24)14-18-8-4-5-9-22(18)28-16-17-6-2-1-3-7-17/h1-14,25H,16H2. The van der Waals surface area contributed by atoms with E-state index in [0.29, 0.717) is 23.6 Å². The van der Waals surface area contributed by atoms with Crippen LogP contribution in [0.3, 0.4) is 0 Å². The lowest BCUT2D eigenvalue weighted by Gasteiger charge is -2.11. The maximum atomic E-state index is 12.7. The highest BCUT2D eigenvalue weighted by Crippen LogP contribution is 2.25. The number of rotatable bonds is 7. The molecule has 0 fully saturated rings. The van der Waals surface area contributed by atoms with Crippen molar-refractivity contribution in [2.45, 2.75) is 6.61 Å². The number of nitriles is 1. The zero-order valence-corrected chi connectivity index (χ0v) is 17.7. The van der Waals surface area contributed by atoms with Crippen molar-refractivity contribution in [2.24, 2.45) is 0 Å². The summed E-state index contributed by atoms with van der Waals surface area (Å²) in [5.74, 6) is 0.489. The summed E-state index contributed by atoms with van der Waals surface area (Å²) in [5, 5.41) is 9.46. The van der Waals surface area contributed by atoms with Crippen molar-refractivity contribution in [3.63, 3.8) is 0 Å². The molecule has 3 aromatic carbocycles. The third-order valence-corrected chi connectivity index (χ3v) is 5.76. The van der Waals surface area contributed by atoms with Crippen LogP contribution in [0.4, 0.5) is 5.69 Å². The monoisotopic (exact) mass is 468 g/mol. The summed E-state index contributed by atoms with van der Waals surface area (Å²) in [6, 6.07) is 25.0. The smallest absolute Gasteiger partial charge is 0.272 e. The molecule has 0 aliphatic heterocycles. The van der Waals surface area contributed by atoms with E-state index in [9.17, 15) is 13.7 Å². The van der Waals surface area contributed by atoms with Gasteiger partial charge in [-0.25, -0.2) is 8.42 Å². The third-order valence-electron chi connectivity index (χ3n) is 3.94. The second-order valence-electron chi connectivity index (χ2n) is 6.04. The average molecular weight is 469 g/mol. The van der Waals surface area contributed by atoms with Crippen molar-refractivity contribution in [3.8, 4) is 11.8 Å². The van der Waals surface area contributed by atoms with Gasteiger partial charge in [0.15, 0.2) is 4.91 Å². The summed E-state index contributed by atoms with van der Waals surface area (Å²) in [4.78, 5) is -0.406. The first-order valence-electron chi connectivity index (χ1n) is 8.64. The summed E-state index contributed by atoms with van der Waals surface area (Å²) in [5.41, 5.74) is 1.85. The summed E-state index contributed by atoms with van der Waals surface area (Å²) in [6.07, 6.45) is 1.31. The van der Waals surface area contributed by atoms with Crippen LogP contribution in [0, 0.1) is 11.3 Å². The number of hydrogen-bond donors (Lipinski definition) is 1. The molecule has 0 aliphatic carbocycles. The first kappa shape index (κ1) is 20.6. The minimum Gasteiger partial charge on any atom is -0.488 e. The fourth-order valence-electron chi connectivity index (χ4n) is 2.51. The molecule has 0 radical (unpaired) electrons. The highest BCUT2D eigenvalue weighted by atomic mass is 79.9. The van der Waals surface area contributed by atoms with Crippen molar-refractivity contribution in [1.82, 2.24) is 0 Å². The molecule has 0 heterocycles. The van der Waals surface area contributed by atoms with E-state index in [1.807, 2.05) is 30.3 Å². The van der Waals surface area contributed by atoms with E-state index in [4.69, 9.17) is 4.74 Å². The van der Waals surface area contributed by atoms with Crippen LogP contribution in [0.25, 0.3) is 6.08 Å². The molecular weight excluding hydrogens is 452 g/mol. The number of ether oxygens (including phenoxy) is 1. The van der Waals surface area contributed by atoms with Gasteiger partial charge >= 0.3 is 0 Å². The van der Waals surface area contributed by atoms with Crippen LogP contribution in [0.15, 0.2) is 88.2 Å². The molecule has 0 spiro atoms. The van der Waals surface area contributed by atoms with E-state index in [2.05, 4.69) is 20.7 Å². The van der Waals surface area contributed by atoms with E-state index < -0.39 is 14.9 Å². The van der Waals surface area contributed by atoms with Gasteiger partial charge in [-0.3, -0.25) is 4.72 Å². The molecule has 0 bridgehead atoms. The first-order chi connectivity index (χ1) is 14.0. The molecule has 146 valence electrons. The Morgan fingerprint density at radius 2 is 1.66 bits per heavy atom. The second kappa shape index (κ2) is 9.41. The van der Waals surface area contributed by atoms with Gasteiger partial charge in [-0.15, -0.1) is 0 Å². The molecule has 0 atom stereocenters. The Hall–Kier alpha value is -3.08. The van der Waals surface area contributed by atoms with E-state index in [0.717, 1.165) is 10.0 Å². The van der Waals surface area contributed by atoms with Gasteiger partial charge in [0, 0.05) is 15.7 Å². The van der Waals surface area contributed by atoms with Gasteiger partial charge in [0.25, 0.3) is 10.0 Å². The molecule has 0 aliphatic rings. The number of anilines is 1. The van der Waals surface area contributed by atoms with Crippen LogP contribution in [-0.2, 0) is 16.6 Å². The SMILES string of the molecule is N#CC(=Cc1ccccc1OCc1ccccc1)S(=O)(=O)Nc1ccc(Br)cc1. The third kappa shape index (κ3) is 5.70. The number of hydrogen-bond acceptors (Lipinski definition) is 4. The van der Waals surface area contributed by atoms with Gasteiger partial charge in [0.1, 0.15) is 18.4 Å². The van der Waals surface area contributed by atoms with Crippen LogP contribution in [0.1, 0.15) is 11.1 Å². The summed E-state index contributed by atoms with van der Waals surface area (Å²) in [7, 11) is -4.04. The number of nitrogens with zero attached hydrogens (tertiary/aromatic N) is 1. The van der Waals surface area contributed by atoms with Crippen LogP contribution in [0.2, 0.25) is 0 Å². The maximum Gasteiger partial charge on any atom is 0.272 e. The van der Waals surface area contributed by atoms with Crippen molar-refractivity contribution in [2.75, 3.05) is 4.72 Å². The number of para-hydroxylation sites is 1. The number of benzene rings is 3. The first-order valence-corrected chi connectivity index (χ1v) is 10.9. The number of nitrogens with one attached hydrogen (secondary N) is 1. The van der Waals surface area contributed by atoms with Crippen molar-refractivity contribution < 1.29 is 13.2 Å². The molecule has 0 aromatic heterocycles. The number of sulfonamides is 1. The molecule has 3 aromatic rings. The van der Waals surface area contributed by atoms with Gasteiger partial charge in [0.05, 0.1) is 0 Å². The Labute approximate surface area is 178 Å². The van der Waals surface area contributed by atoms with Crippen LogP contribution in [-0.4, -0.2) is 8.42 Å². The zero-order valence-electron chi connectivity index (χ0n) is 15.2. The minimum atomic E-state index is -4.04. The fourth-order valence-corrected chi connectivity index (χ4v) is 3.73. The van der Waals surface area contributed by atoms with Crippen molar-refractivity contribution >= 4 is 37.7 Å². The summed E-state index contributed by atoms with van der Waals surface area (Å²) >= 11 is 3.30. The lowest BCUT2D eigenvalue weighted by Crippen LogP contribution is -2.14. The quantitative estimate of drug-likeness (QED) is 0.474. The van der Waals surface area contributed by atoms with Gasteiger partial charge in [0.2, 0.25) is 0 Å². The van der Waals surface area contributed by atoms with Crippen molar-refractivity contribution in [3.05, 3.63) is 99.4 Å². The number of allylic oxidation sites excluding steroid dienone is 1. The Kier molecular flexibility index (Phi) is 6.70. The molecule has 7 heteroatoms. The average Bonchev–Trinajstić information content (AvgIpc) is 2.73. The maximum absolute atomic E-state index is 12.7. The molecule has 0 amide bonds. The van der Waals surface area contributed by atoms with Gasteiger partial charge in [-0.05, 0) is 42.0 Å². The molecule has 29 heavy (non-hydrogen) atoms. The highest BCUT2D eigenvalue weighted by Gasteiger charge is 2.18. The molecule has 1 N–H and O–H groups in total. The van der Waals surface area contributed by atoms with E-state index >= 15 is 0 Å². The number of halogens is 1. The van der Waals surface area contributed by atoms with Gasteiger partial charge < -0.3 is 4.74 Å². The Morgan fingerprint density at radius 3 is 2.34 bits per heavy atom. The van der Waals surface area contributed by atoms with Crippen LogP contribution < -0.4 is 9.46 Å². The topological polar surface area (TPSA) is 79.2 Å². The Balaban J connectivity index is 1.85. The lowest BCUT2D eigenvalue weighted by atomic mass is 10.2. The van der Waals surface area contributed by atoms with E-state index in [1.165, 1.54) is 6.08 Å². The molecule has 0 unspecified atom stereocenters. The van der Waals surface area contributed by atoms with Crippen LogP contribution >= 0.6 is 15.9 Å². The molecule has 3 rings (SSSR count). The Morgan fingerprint density at radius 1 is 1.00 bits per heavy atom. The summed E-state index contributed by atoms with van der Waals surface area (Å²) in [6.45, 7) is 0.331.